The second-order valence-electron chi connectivity index (χ2n) is 6.90. The molecule has 166 valence electrons. The van der Waals surface area contributed by atoms with Gasteiger partial charge in [-0.25, -0.2) is 10.4 Å². The van der Waals surface area contributed by atoms with Crippen LogP contribution in [-0.2, 0) is 11.4 Å². The molecule has 0 aliphatic rings. The summed E-state index contributed by atoms with van der Waals surface area (Å²) >= 11 is 9.06. The van der Waals surface area contributed by atoms with Crippen LogP contribution in [-0.4, -0.2) is 22.9 Å². The molecule has 8 heteroatoms. The van der Waals surface area contributed by atoms with E-state index in [0.717, 1.165) is 32.5 Å². The molecule has 0 fully saturated rings. The zero-order valence-electron chi connectivity index (χ0n) is 17.5. The Balaban J connectivity index is 1.21. The lowest BCUT2D eigenvalue weighted by molar-refractivity contribution is -0.118. The Morgan fingerprint density at radius 3 is 2.61 bits per heavy atom. The summed E-state index contributed by atoms with van der Waals surface area (Å²) in [4.78, 5) is 16.7. The number of amides is 1. The summed E-state index contributed by atoms with van der Waals surface area (Å²) in [6, 6.07) is 25.0. The SMILES string of the molecule is O=C(CSc1nc(-c2ccccc2)cs1)N/N=C/c1ccc(OCc2ccccc2Cl)cc1. The summed E-state index contributed by atoms with van der Waals surface area (Å²) in [5, 5.41) is 6.71. The number of ether oxygens (including phenoxy) is 1. The Morgan fingerprint density at radius 2 is 1.82 bits per heavy atom. The molecule has 0 saturated carbocycles. The number of carbonyl (C=O) groups is 1. The summed E-state index contributed by atoms with van der Waals surface area (Å²) in [5.74, 6) is 0.784. The standard InChI is InChI=1S/C25H20ClN3O2S2/c26-22-9-5-4-8-20(22)15-31-21-12-10-18(11-13-21)14-27-29-24(30)17-33-25-28-23(16-32-25)19-6-2-1-3-7-19/h1-14,16H,15,17H2,(H,29,30)/b27-14+. The van der Waals surface area contributed by atoms with E-state index in [1.54, 1.807) is 6.21 Å². The largest absolute Gasteiger partial charge is 0.489 e. The van der Waals surface area contributed by atoms with E-state index in [-0.39, 0.29) is 11.7 Å². The molecule has 4 rings (SSSR count). The van der Waals surface area contributed by atoms with E-state index < -0.39 is 0 Å². The Labute approximate surface area is 205 Å². The molecular formula is C25H20ClN3O2S2. The number of rotatable bonds is 9. The van der Waals surface area contributed by atoms with Crippen molar-refractivity contribution in [1.82, 2.24) is 10.4 Å². The van der Waals surface area contributed by atoms with Crippen molar-refractivity contribution in [2.45, 2.75) is 10.9 Å². The number of thiazole rings is 1. The Morgan fingerprint density at radius 1 is 1.06 bits per heavy atom. The number of halogens is 1. The highest BCUT2D eigenvalue weighted by Gasteiger charge is 2.07. The molecule has 0 bridgehead atoms. The van der Waals surface area contributed by atoms with Gasteiger partial charge < -0.3 is 4.74 Å². The Hall–Kier alpha value is -3.13. The maximum atomic E-state index is 12.1. The van der Waals surface area contributed by atoms with E-state index in [1.165, 1.54) is 23.1 Å². The zero-order valence-corrected chi connectivity index (χ0v) is 19.9. The molecule has 0 aliphatic carbocycles. The van der Waals surface area contributed by atoms with Gasteiger partial charge in [0, 0.05) is 21.5 Å². The molecule has 0 aliphatic heterocycles. The second kappa shape index (κ2) is 11.7. The maximum Gasteiger partial charge on any atom is 0.250 e. The van der Waals surface area contributed by atoms with Crippen LogP contribution in [0.25, 0.3) is 11.3 Å². The first kappa shape index (κ1) is 23.0. The van der Waals surface area contributed by atoms with Crippen molar-refractivity contribution in [1.29, 1.82) is 0 Å². The molecule has 4 aromatic rings. The Bertz CT molecular complexity index is 1230. The van der Waals surface area contributed by atoms with Crippen LogP contribution in [0.2, 0.25) is 5.02 Å². The number of aromatic nitrogens is 1. The van der Waals surface area contributed by atoms with Gasteiger partial charge in [-0.3, -0.25) is 4.79 Å². The van der Waals surface area contributed by atoms with Gasteiger partial charge in [-0.05, 0) is 35.9 Å². The van der Waals surface area contributed by atoms with Crippen molar-refractivity contribution in [2.75, 3.05) is 5.75 Å². The molecule has 0 unspecified atom stereocenters. The number of benzene rings is 3. The van der Waals surface area contributed by atoms with Gasteiger partial charge in [0.05, 0.1) is 17.7 Å². The Kier molecular flexibility index (Phi) is 8.14. The molecule has 0 saturated heterocycles. The van der Waals surface area contributed by atoms with Gasteiger partial charge in [0.25, 0.3) is 5.91 Å². The predicted octanol–water partition coefficient (Wildman–Crippen LogP) is 6.28. The monoisotopic (exact) mass is 493 g/mol. The average Bonchev–Trinajstić information content (AvgIpc) is 3.33. The number of carbonyl (C=O) groups excluding carboxylic acids is 1. The van der Waals surface area contributed by atoms with Gasteiger partial charge in [0.15, 0.2) is 4.34 Å². The molecule has 0 spiro atoms. The van der Waals surface area contributed by atoms with Crippen LogP contribution in [0.5, 0.6) is 5.75 Å². The van der Waals surface area contributed by atoms with Gasteiger partial charge in [-0.1, -0.05) is 71.9 Å². The maximum absolute atomic E-state index is 12.1. The summed E-state index contributed by atoms with van der Waals surface area (Å²) in [7, 11) is 0. The number of hydrogen-bond donors (Lipinski definition) is 1. The third kappa shape index (κ3) is 6.92. The summed E-state index contributed by atoms with van der Waals surface area (Å²) in [6.07, 6.45) is 1.59. The first-order valence-electron chi connectivity index (χ1n) is 10.1. The van der Waals surface area contributed by atoms with Crippen molar-refractivity contribution < 1.29 is 9.53 Å². The van der Waals surface area contributed by atoms with Gasteiger partial charge >= 0.3 is 0 Å². The molecule has 1 aromatic heterocycles. The fraction of sp³-hybridized carbons (Fsp3) is 0.0800. The first-order valence-corrected chi connectivity index (χ1v) is 12.3. The fourth-order valence-electron chi connectivity index (χ4n) is 2.83. The molecule has 0 atom stereocenters. The van der Waals surface area contributed by atoms with Gasteiger partial charge in [-0.15, -0.1) is 11.3 Å². The third-order valence-corrected chi connectivity index (χ3v) is 6.90. The minimum Gasteiger partial charge on any atom is -0.489 e. The van der Waals surface area contributed by atoms with Crippen LogP contribution >= 0.6 is 34.7 Å². The van der Waals surface area contributed by atoms with Crippen molar-refractivity contribution in [3.8, 4) is 17.0 Å². The molecule has 5 nitrogen and oxygen atoms in total. The minimum atomic E-state index is -0.188. The van der Waals surface area contributed by atoms with E-state index in [1.807, 2.05) is 84.2 Å². The molecule has 1 heterocycles. The van der Waals surface area contributed by atoms with Crippen molar-refractivity contribution in [2.24, 2.45) is 5.10 Å². The highest BCUT2D eigenvalue weighted by atomic mass is 35.5. The lowest BCUT2D eigenvalue weighted by atomic mass is 10.2. The summed E-state index contributed by atoms with van der Waals surface area (Å²) in [5.41, 5.74) is 6.31. The molecule has 0 radical (unpaired) electrons. The van der Waals surface area contributed by atoms with Gasteiger partial charge in [0.1, 0.15) is 12.4 Å². The van der Waals surface area contributed by atoms with Crippen LogP contribution in [0.1, 0.15) is 11.1 Å². The number of hydrazone groups is 1. The lowest BCUT2D eigenvalue weighted by Crippen LogP contribution is -2.19. The molecule has 33 heavy (non-hydrogen) atoms. The summed E-state index contributed by atoms with van der Waals surface area (Å²) in [6.45, 7) is 0.396. The number of nitrogens with zero attached hydrogens (tertiary/aromatic N) is 2. The molecule has 1 N–H and O–H groups in total. The normalized spacial score (nSPS) is 10.9. The molecule has 1 amide bonds. The highest BCUT2D eigenvalue weighted by molar-refractivity contribution is 8.01. The van der Waals surface area contributed by atoms with E-state index in [2.05, 4.69) is 15.5 Å². The predicted molar refractivity (Wildman–Crippen MR) is 136 cm³/mol. The number of thioether (sulfide) groups is 1. The average molecular weight is 494 g/mol. The second-order valence-corrected chi connectivity index (χ2v) is 9.38. The fourth-order valence-corrected chi connectivity index (χ4v) is 4.65. The van der Waals surface area contributed by atoms with Gasteiger partial charge in [0.2, 0.25) is 0 Å². The van der Waals surface area contributed by atoms with E-state index in [0.29, 0.717) is 11.6 Å². The van der Waals surface area contributed by atoms with Crippen LogP contribution in [0.15, 0.2) is 93.7 Å². The number of hydrogen-bond acceptors (Lipinski definition) is 6. The van der Waals surface area contributed by atoms with Crippen molar-refractivity contribution in [3.05, 3.63) is 100 Å². The molecule has 3 aromatic carbocycles. The summed E-state index contributed by atoms with van der Waals surface area (Å²) < 4.78 is 6.62. The zero-order chi connectivity index (χ0) is 22.9. The third-order valence-electron chi connectivity index (χ3n) is 4.51. The first-order chi connectivity index (χ1) is 16.2. The van der Waals surface area contributed by atoms with Crippen LogP contribution in [0, 0.1) is 0 Å². The van der Waals surface area contributed by atoms with E-state index >= 15 is 0 Å². The van der Waals surface area contributed by atoms with E-state index in [4.69, 9.17) is 16.3 Å². The van der Waals surface area contributed by atoms with Crippen LogP contribution in [0.4, 0.5) is 0 Å². The lowest BCUT2D eigenvalue weighted by Gasteiger charge is -2.07. The number of nitrogens with one attached hydrogen (secondary N) is 1. The smallest absolute Gasteiger partial charge is 0.250 e. The van der Waals surface area contributed by atoms with Crippen molar-refractivity contribution >= 4 is 46.8 Å². The molecular weight excluding hydrogens is 474 g/mol. The van der Waals surface area contributed by atoms with Crippen LogP contribution < -0.4 is 10.2 Å². The van der Waals surface area contributed by atoms with E-state index in [9.17, 15) is 4.79 Å². The van der Waals surface area contributed by atoms with Crippen molar-refractivity contribution in [3.63, 3.8) is 0 Å². The quantitative estimate of drug-likeness (QED) is 0.169. The van der Waals surface area contributed by atoms with Gasteiger partial charge in [-0.2, -0.15) is 5.10 Å². The topological polar surface area (TPSA) is 63.6 Å². The minimum absolute atomic E-state index is 0.188. The highest BCUT2D eigenvalue weighted by Crippen LogP contribution is 2.28. The van der Waals surface area contributed by atoms with Crippen LogP contribution in [0.3, 0.4) is 0 Å².